The maximum atomic E-state index is 12.6. The fraction of sp³-hybridized carbons (Fsp3) is 0.667. The summed E-state index contributed by atoms with van der Waals surface area (Å²) >= 11 is 0. The smallest absolute Gasteiger partial charge is 0.462 e. The number of esters is 2. The summed E-state index contributed by atoms with van der Waals surface area (Å²) in [4.78, 5) is 49.0. The van der Waals surface area contributed by atoms with E-state index in [1.54, 1.807) is 13.0 Å². The van der Waals surface area contributed by atoms with E-state index in [4.69, 9.17) is 34.2 Å². The van der Waals surface area contributed by atoms with Gasteiger partial charge < -0.3 is 34.2 Å². The third-order valence-corrected chi connectivity index (χ3v) is 5.41. The van der Waals surface area contributed by atoms with Gasteiger partial charge in [0, 0.05) is 6.42 Å². The van der Waals surface area contributed by atoms with Crippen LogP contribution in [0.2, 0.25) is 0 Å². The van der Waals surface area contributed by atoms with Crippen molar-refractivity contribution in [2.24, 2.45) is 22.5 Å². The molecular formula is C30H47NO10. The van der Waals surface area contributed by atoms with Crippen molar-refractivity contribution in [3.8, 4) is 11.5 Å². The van der Waals surface area contributed by atoms with Crippen molar-refractivity contribution in [1.29, 1.82) is 0 Å². The van der Waals surface area contributed by atoms with Gasteiger partial charge >= 0.3 is 24.2 Å². The maximum absolute atomic E-state index is 12.6. The van der Waals surface area contributed by atoms with Gasteiger partial charge in [0.2, 0.25) is 0 Å². The highest BCUT2D eigenvalue weighted by atomic mass is 16.7. The molecular weight excluding hydrogens is 534 g/mol. The molecule has 1 unspecified atom stereocenters. The van der Waals surface area contributed by atoms with Crippen molar-refractivity contribution in [2.45, 2.75) is 93.7 Å². The Morgan fingerprint density at radius 3 is 1.88 bits per heavy atom. The molecule has 1 rings (SSSR count). The van der Waals surface area contributed by atoms with Crippen molar-refractivity contribution >= 4 is 24.2 Å². The van der Waals surface area contributed by atoms with Gasteiger partial charge in [-0.3, -0.25) is 9.59 Å². The van der Waals surface area contributed by atoms with Gasteiger partial charge in [-0.25, -0.2) is 9.59 Å². The lowest BCUT2D eigenvalue weighted by Gasteiger charge is -2.19. The first-order chi connectivity index (χ1) is 18.9. The molecule has 0 saturated carbocycles. The molecule has 0 fully saturated rings. The number of nitrogens with two attached hydrogens (primary N) is 1. The van der Waals surface area contributed by atoms with Gasteiger partial charge in [-0.2, -0.15) is 0 Å². The summed E-state index contributed by atoms with van der Waals surface area (Å²) in [6.07, 6.45) is -1.50. The van der Waals surface area contributed by atoms with Crippen molar-refractivity contribution < 1.29 is 47.6 Å². The van der Waals surface area contributed by atoms with Gasteiger partial charge in [-0.05, 0) is 47.8 Å². The molecule has 0 saturated heterocycles. The predicted octanol–water partition coefficient (Wildman–Crippen LogP) is 5.59. The number of carbonyl (C=O) groups excluding carboxylic acids is 4. The van der Waals surface area contributed by atoms with Crippen LogP contribution in [0.4, 0.5) is 9.59 Å². The van der Waals surface area contributed by atoms with Crippen molar-refractivity contribution in [3.05, 3.63) is 23.8 Å². The van der Waals surface area contributed by atoms with Crippen LogP contribution in [0.15, 0.2) is 18.2 Å². The number of carbonyl (C=O) groups is 4. The second-order valence-electron chi connectivity index (χ2n) is 12.6. The molecule has 0 aromatic heterocycles. The average molecular weight is 582 g/mol. The Balaban J connectivity index is 2.90. The molecule has 0 aliphatic rings. The van der Waals surface area contributed by atoms with E-state index in [2.05, 4.69) is 0 Å². The molecule has 0 radical (unpaired) electrons. The highest BCUT2D eigenvalue weighted by Crippen LogP contribution is 2.30. The molecule has 1 aromatic rings. The third-order valence-electron chi connectivity index (χ3n) is 5.41. The van der Waals surface area contributed by atoms with Crippen molar-refractivity contribution in [3.63, 3.8) is 0 Å². The van der Waals surface area contributed by atoms with Gasteiger partial charge in [0.15, 0.2) is 11.5 Å². The lowest BCUT2D eigenvalue weighted by atomic mass is 9.99. The second kappa shape index (κ2) is 16.2. The van der Waals surface area contributed by atoms with E-state index in [9.17, 15) is 19.2 Å². The molecule has 232 valence electrons. The van der Waals surface area contributed by atoms with Crippen LogP contribution >= 0.6 is 0 Å². The molecule has 0 aliphatic carbocycles. The van der Waals surface area contributed by atoms with Crippen LogP contribution in [0.1, 0.15) is 80.7 Å². The molecule has 2 N–H and O–H groups in total. The van der Waals surface area contributed by atoms with E-state index in [0.717, 1.165) is 6.42 Å². The van der Waals surface area contributed by atoms with E-state index < -0.39 is 30.4 Å². The molecule has 11 nitrogen and oxygen atoms in total. The Labute approximate surface area is 243 Å². The van der Waals surface area contributed by atoms with E-state index in [1.165, 1.54) is 12.1 Å². The standard InChI is InChI=1S/C30H47NO10/c1-10-19(2)13-25(32)36-16-20(3)39-26(33)22(31)14-21-11-12-23(40-27(34)37-17-29(4,5)6)24(15-21)41-28(35)38-18-30(7,8)9/h11-12,15,19-20,22H,10,13-14,16-18,31H2,1-9H3/t19?,20-,22-/m0/s1. The molecule has 0 aliphatic heterocycles. The van der Waals surface area contributed by atoms with Crippen LogP contribution in [0.25, 0.3) is 0 Å². The minimum atomic E-state index is -1.07. The summed E-state index contributed by atoms with van der Waals surface area (Å²) in [5.41, 5.74) is 5.98. The van der Waals surface area contributed by atoms with E-state index in [0.29, 0.717) is 12.0 Å². The minimum absolute atomic E-state index is 0.0154. The summed E-state index contributed by atoms with van der Waals surface area (Å²) in [5, 5.41) is 0. The number of hydrogen-bond donors (Lipinski definition) is 1. The molecule has 41 heavy (non-hydrogen) atoms. The fourth-order valence-electron chi connectivity index (χ4n) is 2.99. The van der Waals surface area contributed by atoms with Gasteiger partial charge in [0.05, 0.1) is 13.2 Å². The highest BCUT2D eigenvalue weighted by Gasteiger charge is 2.23. The normalized spacial score (nSPS) is 13.8. The van der Waals surface area contributed by atoms with Crippen LogP contribution in [0, 0.1) is 16.7 Å². The average Bonchev–Trinajstić information content (AvgIpc) is 2.85. The summed E-state index contributed by atoms with van der Waals surface area (Å²) in [5.74, 6) is -1.05. The zero-order valence-corrected chi connectivity index (χ0v) is 25.9. The monoisotopic (exact) mass is 581 g/mol. The Morgan fingerprint density at radius 2 is 1.37 bits per heavy atom. The van der Waals surface area contributed by atoms with Crippen LogP contribution in [-0.2, 0) is 35.0 Å². The van der Waals surface area contributed by atoms with Crippen LogP contribution in [0.3, 0.4) is 0 Å². The molecule has 0 amide bonds. The number of ether oxygens (including phenoxy) is 6. The third kappa shape index (κ3) is 15.9. The number of rotatable bonds is 13. The Hall–Kier alpha value is -3.34. The lowest BCUT2D eigenvalue weighted by Crippen LogP contribution is -2.37. The van der Waals surface area contributed by atoms with Crippen molar-refractivity contribution in [2.75, 3.05) is 19.8 Å². The van der Waals surface area contributed by atoms with Gasteiger partial charge in [-0.1, -0.05) is 67.9 Å². The zero-order chi connectivity index (χ0) is 31.4. The SMILES string of the molecule is CCC(C)CC(=O)OC[C@H](C)OC(=O)[C@@H](N)Cc1ccc(OC(=O)OCC(C)(C)C)c(OC(=O)OCC(C)(C)C)c1. The van der Waals surface area contributed by atoms with E-state index in [1.807, 2.05) is 55.4 Å². The lowest BCUT2D eigenvalue weighted by molar-refractivity contribution is -0.159. The molecule has 0 heterocycles. The molecule has 1 aromatic carbocycles. The Bertz CT molecular complexity index is 1030. The molecule has 3 atom stereocenters. The maximum Gasteiger partial charge on any atom is 0.513 e. The predicted molar refractivity (Wildman–Crippen MR) is 152 cm³/mol. The van der Waals surface area contributed by atoms with Crippen LogP contribution < -0.4 is 15.2 Å². The Kier molecular flexibility index (Phi) is 14.1. The summed E-state index contributed by atoms with van der Waals surface area (Å²) in [6, 6.07) is 3.31. The first kappa shape index (κ1) is 35.7. The molecule has 11 heteroatoms. The fourth-order valence-corrected chi connectivity index (χ4v) is 2.99. The molecule has 0 spiro atoms. The van der Waals surface area contributed by atoms with E-state index >= 15 is 0 Å². The van der Waals surface area contributed by atoms with Gasteiger partial charge in [0.1, 0.15) is 18.8 Å². The van der Waals surface area contributed by atoms with Crippen LogP contribution in [0.5, 0.6) is 11.5 Å². The van der Waals surface area contributed by atoms with Crippen molar-refractivity contribution in [1.82, 2.24) is 0 Å². The topological polar surface area (TPSA) is 150 Å². The first-order valence-electron chi connectivity index (χ1n) is 13.8. The summed E-state index contributed by atoms with van der Waals surface area (Å²) < 4.78 is 31.4. The molecule has 0 bridgehead atoms. The number of hydrogen-bond acceptors (Lipinski definition) is 11. The van der Waals surface area contributed by atoms with Gasteiger partial charge in [0.25, 0.3) is 0 Å². The quantitative estimate of drug-likeness (QED) is 0.176. The van der Waals surface area contributed by atoms with Crippen LogP contribution in [-0.4, -0.2) is 56.2 Å². The Morgan fingerprint density at radius 1 is 0.829 bits per heavy atom. The first-order valence-corrected chi connectivity index (χ1v) is 13.8. The zero-order valence-electron chi connectivity index (χ0n) is 25.9. The second-order valence-corrected chi connectivity index (χ2v) is 12.6. The highest BCUT2D eigenvalue weighted by molar-refractivity contribution is 5.76. The largest absolute Gasteiger partial charge is 0.513 e. The summed E-state index contributed by atoms with van der Waals surface area (Å²) in [6.45, 7) is 17.0. The van der Waals surface area contributed by atoms with E-state index in [-0.39, 0.29) is 60.5 Å². The summed E-state index contributed by atoms with van der Waals surface area (Å²) in [7, 11) is 0. The van der Waals surface area contributed by atoms with Gasteiger partial charge in [-0.15, -0.1) is 0 Å². The minimum Gasteiger partial charge on any atom is -0.462 e. The number of benzene rings is 1.